The zero-order valence-electron chi connectivity index (χ0n) is 16.4. The number of amides is 1. The van der Waals surface area contributed by atoms with Crippen molar-refractivity contribution in [2.45, 2.75) is 51.9 Å². The SMILES string of the molecule is CCOC1CC(N)(C(=O)NCc2ccc(Cn3cncn3)cc2)C1(C)C.Cl.Cl. The minimum absolute atomic E-state index is 0. The number of halogens is 2. The van der Waals surface area contributed by atoms with E-state index in [1.165, 1.54) is 6.33 Å². The lowest BCUT2D eigenvalue weighted by Gasteiger charge is -2.57. The molecule has 156 valence electrons. The van der Waals surface area contributed by atoms with Gasteiger partial charge in [-0.05, 0) is 18.1 Å². The second-order valence-corrected chi connectivity index (χ2v) is 7.43. The van der Waals surface area contributed by atoms with Crippen LogP contribution in [-0.2, 0) is 22.6 Å². The van der Waals surface area contributed by atoms with Gasteiger partial charge in [0.25, 0.3) is 0 Å². The van der Waals surface area contributed by atoms with Gasteiger partial charge in [-0.15, -0.1) is 24.8 Å². The molecule has 1 saturated carbocycles. The maximum atomic E-state index is 12.7. The van der Waals surface area contributed by atoms with E-state index in [2.05, 4.69) is 15.4 Å². The van der Waals surface area contributed by atoms with Crippen LogP contribution in [0.25, 0.3) is 0 Å². The van der Waals surface area contributed by atoms with E-state index in [-0.39, 0.29) is 42.2 Å². The molecule has 1 aromatic heterocycles. The highest BCUT2D eigenvalue weighted by atomic mass is 35.5. The molecule has 0 aliphatic heterocycles. The number of benzene rings is 1. The summed E-state index contributed by atoms with van der Waals surface area (Å²) >= 11 is 0. The van der Waals surface area contributed by atoms with Crippen molar-refractivity contribution in [2.75, 3.05) is 6.61 Å². The van der Waals surface area contributed by atoms with Gasteiger partial charge in [-0.2, -0.15) is 5.10 Å². The van der Waals surface area contributed by atoms with E-state index in [1.807, 2.05) is 45.0 Å². The molecule has 0 radical (unpaired) electrons. The molecule has 2 atom stereocenters. The second-order valence-electron chi connectivity index (χ2n) is 7.43. The lowest BCUT2D eigenvalue weighted by atomic mass is 9.54. The Labute approximate surface area is 178 Å². The number of aromatic nitrogens is 3. The molecule has 1 aromatic carbocycles. The van der Waals surface area contributed by atoms with Crippen molar-refractivity contribution in [3.8, 4) is 0 Å². The maximum absolute atomic E-state index is 12.7. The van der Waals surface area contributed by atoms with E-state index < -0.39 is 5.54 Å². The topological polar surface area (TPSA) is 95.1 Å². The molecular formula is C19H29Cl2N5O2. The monoisotopic (exact) mass is 429 g/mol. The molecule has 0 spiro atoms. The number of nitrogens with zero attached hydrogens (tertiary/aromatic N) is 3. The van der Waals surface area contributed by atoms with E-state index >= 15 is 0 Å². The number of hydrogen-bond donors (Lipinski definition) is 2. The standard InChI is InChI=1S/C19H27N5O2.2ClH/c1-4-26-16-9-19(20,18(16,2)3)17(25)22-10-14-5-7-15(8-6-14)11-24-13-21-12-23-24;;/h5-8,12-13,16H,4,9-11,20H2,1-3H3,(H,22,25);2*1H. The van der Waals surface area contributed by atoms with Crippen LogP contribution in [0.2, 0.25) is 0 Å². The minimum atomic E-state index is -0.889. The maximum Gasteiger partial charge on any atom is 0.241 e. The van der Waals surface area contributed by atoms with Crippen molar-refractivity contribution >= 4 is 30.7 Å². The van der Waals surface area contributed by atoms with Crippen LogP contribution in [-0.4, -0.2) is 38.9 Å². The van der Waals surface area contributed by atoms with Crippen molar-refractivity contribution in [3.63, 3.8) is 0 Å². The van der Waals surface area contributed by atoms with E-state index in [0.717, 1.165) is 11.1 Å². The van der Waals surface area contributed by atoms with Crippen LogP contribution < -0.4 is 11.1 Å². The summed E-state index contributed by atoms with van der Waals surface area (Å²) in [4.78, 5) is 16.6. The molecule has 0 bridgehead atoms. The lowest BCUT2D eigenvalue weighted by Crippen LogP contribution is -2.75. The van der Waals surface area contributed by atoms with Crippen molar-refractivity contribution in [1.82, 2.24) is 20.1 Å². The summed E-state index contributed by atoms with van der Waals surface area (Å²) in [5.74, 6) is -0.120. The normalized spacial score (nSPS) is 22.4. The molecule has 1 fully saturated rings. The fraction of sp³-hybridized carbons (Fsp3) is 0.526. The number of nitrogens with one attached hydrogen (secondary N) is 1. The molecular weight excluding hydrogens is 401 g/mol. The third-order valence-electron chi connectivity index (χ3n) is 5.52. The summed E-state index contributed by atoms with van der Waals surface area (Å²) in [6.45, 7) is 7.71. The third kappa shape index (κ3) is 4.66. The predicted molar refractivity (Wildman–Crippen MR) is 113 cm³/mol. The number of nitrogens with two attached hydrogens (primary N) is 1. The van der Waals surface area contributed by atoms with Gasteiger partial charge < -0.3 is 15.8 Å². The molecule has 1 heterocycles. The minimum Gasteiger partial charge on any atom is -0.378 e. The second kappa shape index (κ2) is 9.69. The van der Waals surface area contributed by atoms with Gasteiger partial charge in [0, 0.05) is 25.0 Å². The Morgan fingerprint density at radius 3 is 2.46 bits per heavy atom. The first-order valence-electron chi connectivity index (χ1n) is 8.96. The van der Waals surface area contributed by atoms with Gasteiger partial charge in [0.15, 0.2) is 0 Å². The average molecular weight is 430 g/mol. The van der Waals surface area contributed by atoms with E-state index in [4.69, 9.17) is 10.5 Å². The molecule has 3 N–H and O–H groups in total. The molecule has 1 aliphatic carbocycles. The number of rotatable bonds is 7. The van der Waals surface area contributed by atoms with E-state index in [9.17, 15) is 4.79 Å². The molecule has 7 nitrogen and oxygen atoms in total. The Morgan fingerprint density at radius 2 is 1.93 bits per heavy atom. The van der Waals surface area contributed by atoms with Gasteiger partial charge in [-0.1, -0.05) is 38.1 Å². The molecule has 0 saturated heterocycles. The molecule has 2 unspecified atom stereocenters. The van der Waals surface area contributed by atoms with Gasteiger partial charge in [-0.3, -0.25) is 4.79 Å². The largest absolute Gasteiger partial charge is 0.378 e. The lowest BCUT2D eigenvalue weighted by molar-refractivity contribution is -0.170. The molecule has 9 heteroatoms. The first-order valence-corrected chi connectivity index (χ1v) is 8.96. The highest BCUT2D eigenvalue weighted by Crippen LogP contribution is 2.49. The zero-order chi connectivity index (χ0) is 18.8. The molecule has 28 heavy (non-hydrogen) atoms. The van der Waals surface area contributed by atoms with Crippen molar-refractivity contribution in [1.29, 1.82) is 0 Å². The Kier molecular flexibility index (Phi) is 8.44. The van der Waals surface area contributed by atoms with Gasteiger partial charge in [0.2, 0.25) is 5.91 Å². The predicted octanol–water partition coefficient (Wildman–Crippen LogP) is 2.32. The van der Waals surface area contributed by atoms with Gasteiger partial charge in [0.1, 0.15) is 18.2 Å². The summed E-state index contributed by atoms with van der Waals surface area (Å²) in [5, 5.41) is 7.07. The van der Waals surface area contributed by atoms with Crippen molar-refractivity contribution < 1.29 is 9.53 Å². The van der Waals surface area contributed by atoms with Crippen LogP contribution in [0.4, 0.5) is 0 Å². The summed E-state index contributed by atoms with van der Waals surface area (Å²) < 4.78 is 7.45. The smallest absolute Gasteiger partial charge is 0.241 e. The molecule has 1 aliphatic rings. The van der Waals surface area contributed by atoms with E-state index in [1.54, 1.807) is 11.0 Å². The Morgan fingerprint density at radius 1 is 1.29 bits per heavy atom. The summed E-state index contributed by atoms with van der Waals surface area (Å²) in [6.07, 6.45) is 3.78. The van der Waals surface area contributed by atoms with Crippen LogP contribution in [0.1, 0.15) is 38.3 Å². The quantitative estimate of drug-likeness (QED) is 0.703. The van der Waals surface area contributed by atoms with E-state index in [0.29, 0.717) is 26.1 Å². The Hall–Kier alpha value is -1.67. The molecule has 3 rings (SSSR count). The molecule has 2 aromatic rings. The van der Waals surface area contributed by atoms with Gasteiger partial charge >= 0.3 is 0 Å². The van der Waals surface area contributed by atoms with Crippen LogP contribution in [0.15, 0.2) is 36.9 Å². The average Bonchev–Trinajstić information content (AvgIpc) is 3.13. The Bertz CT molecular complexity index is 752. The first kappa shape index (κ1) is 24.4. The van der Waals surface area contributed by atoms with Crippen molar-refractivity contribution in [2.24, 2.45) is 11.1 Å². The summed E-state index contributed by atoms with van der Waals surface area (Å²) in [5.41, 5.74) is 7.29. The highest BCUT2D eigenvalue weighted by molar-refractivity contribution is 5.88. The Balaban J connectivity index is 0.00000196. The summed E-state index contributed by atoms with van der Waals surface area (Å²) in [7, 11) is 0. The zero-order valence-corrected chi connectivity index (χ0v) is 18.1. The van der Waals surface area contributed by atoms with Gasteiger partial charge in [0.05, 0.1) is 12.6 Å². The van der Waals surface area contributed by atoms with Crippen LogP contribution >= 0.6 is 24.8 Å². The first-order chi connectivity index (χ1) is 12.4. The number of carbonyl (C=O) groups excluding carboxylic acids is 1. The van der Waals surface area contributed by atoms with Crippen LogP contribution in [0, 0.1) is 5.41 Å². The number of ether oxygens (including phenoxy) is 1. The number of hydrogen-bond acceptors (Lipinski definition) is 5. The fourth-order valence-electron chi connectivity index (χ4n) is 3.42. The third-order valence-corrected chi connectivity index (χ3v) is 5.52. The van der Waals surface area contributed by atoms with Crippen LogP contribution in [0.5, 0.6) is 0 Å². The molecule has 1 amide bonds. The number of carbonyl (C=O) groups is 1. The van der Waals surface area contributed by atoms with Crippen molar-refractivity contribution in [3.05, 3.63) is 48.0 Å². The van der Waals surface area contributed by atoms with Crippen LogP contribution in [0.3, 0.4) is 0 Å². The fourth-order valence-corrected chi connectivity index (χ4v) is 3.42. The summed E-state index contributed by atoms with van der Waals surface area (Å²) in [6, 6.07) is 8.06. The van der Waals surface area contributed by atoms with Gasteiger partial charge in [-0.25, -0.2) is 9.67 Å². The highest BCUT2D eigenvalue weighted by Gasteiger charge is 2.62.